The summed E-state index contributed by atoms with van der Waals surface area (Å²) in [5, 5.41) is 23.7. The van der Waals surface area contributed by atoms with Gasteiger partial charge in [0, 0.05) is 12.8 Å². The number of nitrogens with one attached hydrogen (secondary N) is 1. The molecule has 0 aliphatic carbocycles. The molecular formula is C56H101NO5. The van der Waals surface area contributed by atoms with E-state index in [2.05, 4.69) is 32.2 Å². The first-order valence-electron chi connectivity index (χ1n) is 26.6. The van der Waals surface area contributed by atoms with Crippen LogP contribution in [-0.4, -0.2) is 46.9 Å². The minimum Gasteiger partial charge on any atom is -0.461 e. The third-order valence-corrected chi connectivity index (χ3v) is 12.0. The fourth-order valence-electron chi connectivity index (χ4n) is 7.98. The molecule has 62 heavy (non-hydrogen) atoms. The van der Waals surface area contributed by atoms with Gasteiger partial charge >= 0.3 is 5.97 Å². The van der Waals surface area contributed by atoms with Gasteiger partial charge in [0.25, 0.3) is 0 Å². The number of ether oxygens (including phenoxy) is 1. The highest BCUT2D eigenvalue weighted by molar-refractivity contribution is 5.77. The zero-order valence-corrected chi connectivity index (χ0v) is 41.0. The van der Waals surface area contributed by atoms with Crippen molar-refractivity contribution in [2.45, 2.75) is 277 Å². The van der Waals surface area contributed by atoms with E-state index in [1.807, 2.05) is 54.7 Å². The number of aliphatic hydroxyl groups is 2. The summed E-state index contributed by atoms with van der Waals surface area (Å²) < 4.78 is 5.84. The minimum atomic E-state index is -0.818. The zero-order chi connectivity index (χ0) is 45.2. The van der Waals surface area contributed by atoms with Crippen LogP contribution >= 0.6 is 0 Å². The molecule has 0 aromatic carbocycles. The summed E-state index contributed by atoms with van der Waals surface area (Å²) in [6, 6.07) is -0.739. The Morgan fingerprint density at radius 1 is 0.484 bits per heavy atom. The van der Waals surface area contributed by atoms with Crippen molar-refractivity contribution in [1.29, 1.82) is 0 Å². The summed E-state index contributed by atoms with van der Waals surface area (Å²) in [6.45, 7) is 6.32. The Labute approximate surface area is 384 Å². The molecule has 6 nitrogen and oxygen atoms in total. The number of hydrogen-bond acceptors (Lipinski definition) is 5. The van der Waals surface area contributed by atoms with Crippen LogP contribution in [0, 0.1) is 0 Å². The lowest BCUT2D eigenvalue weighted by atomic mass is 10.0. The van der Waals surface area contributed by atoms with E-state index >= 15 is 0 Å². The summed E-state index contributed by atoms with van der Waals surface area (Å²) in [6.07, 6.45) is 61.7. The predicted molar refractivity (Wildman–Crippen MR) is 268 cm³/mol. The van der Waals surface area contributed by atoms with Gasteiger partial charge in [-0.05, 0) is 19.3 Å². The highest BCUT2D eigenvalue weighted by atomic mass is 16.5. The van der Waals surface area contributed by atoms with Crippen LogP contribution in [0.25, 0.3) is 0 Å². The summed E-state index contributed by atoms with van der Waals surface area (Å²) in [5.41, 5.74) is 0. The van der Waals surface area contributed by atoms with Crippen molar-refractivity contribution >= 4 is 11.9 Å². The topological polar surface area (TPSA) is 95.9 Å². The Kier molecular flexibility index (Phi) is 47.6. The molecule has 0 aromatic heterocycles. The Morgan fingerprint density at radius 2 is 0.839 bits per heavy atom. The molecular weight excluding hydrogens is 767 g/mol. The van der Waals surface area contributed by atoms with E-state index in [1.165, 1.54) is 167 Å². The number of carbonyl (C=O) groups is 2. The Morgan fingerprint density at radius 3 is 1.23 bits per heavy atom. The average molecular weight is 868 g/mol. The summed E-state index contributed by atoms with van der Waals surface area (Å²) in [5.74, 6) is -0.600. The molecule has 0 radical (unpaired) electrons. The molecule has 0 spiro atoms. The normalized spacial score (nSPS) is 13.7. The van der Waals surface area contributed by atoms with Crippen LogP contribution < -0.4 is 5.32 Å². The number of carbonyl (C=O) groups excluding carboxylic acids is 2. The molecule has 0 rings (SSSR count). The van der Waals surface area contributed by atoms with Crippen LogP contribution in [-0.2, 0) is 14.3 Å². The molecule has 0 saturated heterocycles. The SMILES string of the molecule is CC/C=C/C=C/C=C\C=C/C=C/CC(CC(=O)NC(CO)C(O)CCCCCCCCCCCCCCCCCCC)OC(=O)CCCCCCCCCCCCCCCCC. The maximum Gasteiger partial charge on any atom is 0.306 e. The summed E-state index contributed by atoms with van der Waals surface area (Å²) in [7, 11) is 0. The first-order chi connectivity index (χ1) is 30.5. The average Bonchev–Trinajstić information content (AvgIpc) is 3.26. The molecule has 0 saturated carbocycles. The number of esters is 1. The number of amides is 1. The highest BCUT2D eigenvalue weighted by Gasteiger charge is 2.23. The lowest BCUT2D eigenvalue weighted by Crippen LogP contribution is -2.46. The van der Waals surface area contributed by atoms with Gasteiger partial charge in [0.05, 0.1) is 25.2 Å². The molecule has 0 heterocycles. The van der Waals surface area contributed by atoms with Gasteiger partial charge in [-0.1, -0.05) is 281 Å². The zero-order valence-electron chi connectivity index (χ0n) is 41.0. The fourth-order valence-corrected chi connectivity index (χ4v) is 7.98. The second-order valence-electron chi connectivity index (χ2n) is 18.0. The molecule has 3 N–H and O–H groups in total. The van der Waals surface area contributed by atoms with E-state index in [9.17, 15) is 19.8 Å². The molecule has 0 aromatic rings. The maximum absolute atomic E-state index is 13.2. The van der Waals surface area contributed by atoms with Crippen molar-refractivity contribution in [2.75, 3.05) is 6.61 Å². The second kappa shape index (κ2) is 49.6. The first kappa shape index (κ1) is 59.6. The standard InChI is InChI=1S/C56H101NO5/c1-4-7-10-13-16-19-22-24-26-27-29-30-33-36-39-42-45-48-54(59)53(51-58)57-55(60)50-52(47-44-41-38-35-32-21-18-15-12-9-6-3)62-56(61)49-46-43-40-37-34-31-28-25-23-20-17-14-11-8-5-2/h9,12,15,18,21,32,35,38,41,44,52-54,58-59H,4-8,10-11,13-14,16-17,19-20,22-31,33-34,36-37,39-40,42-43,45-51H2,1-3H3,(H,57,60)/b12-9+,18-15+,32-21-,38-35-,44-41+. The van der Waals surface area contributed by atoms with Crippen molar-refractivity contribution < 1.29 is 24.5 Å². The number of unbranched alkanes of at least 4 members (excludes halogenated alkanes) is 30. The molecule has 3 unspecified atom stereocenters. The number of rotatable bonds is 47. The minimum absolute atomic E-state index is 0.0169. The van der Waals surface area contributed by atoms with E-state index in [0.29, 0.717) is 19.3 Å². The largest absolute Gasteiger partial charge is 0.461 e. The van der Waals surface area contributed by atoms with Crippen molar-refractivity contribution in [2.24, 2.45) is 0 Å². The Balaban J connectivity index is 4.56. The summed E-state index contributed by atoms with van der Waals surface area (Å²) in [4.78, 5) is 26.1. The number of allylic oxidation sites excluding steroid dienone is 9. The first-order valence-corrected chi connectivity index (χ1v) is 26.6. The van der Waals surface area contributed by atoms with Gasteiger partial charge in [-0.3, -0.25) is 9.59 Å². The van der Waals surface area contributed by atoms with Crippen molar-refractivity contribution in [3.63, 3.8) is 0 Å². The molecule has 0 fully saturated rings. The maximum atomic E-state index is 13.2. The van der Waals surface area contributed by atoms with E-state index in [1.54, 1.807) is 0 Å². The predicted octanol–water partition coefficient (Wildman–Crippen LogP) is 16.0. The van der Waals surface area contributed by atoms with Crippen LogP contribution in [0.5, 0.6) is 0 Å². The molecule has 0 aliphatic heterocycles. The Bertz CT molecular complexity index is 1110. The molecule has 6 heteroatoms. The summed E-state index contributed by atoms with van der Waals surface area (Å²) >= 11 is 0. The van der Waals surface area contributed by atoms with E-state index < -0.39 is 18.2 Å². The highest BCUT2D eigenvalue weighted by Crippen LogP contribution is 2.17. The van der Waals surface area contributed by atoms with Gasteiger partial charge in [-0.15, -0.1) is 0 Å². The van der Waals surface area contributed by atoms with Crippen LogP contribution in [0.2, 0.25) is 0 Å². The lowest BCUT2D eigenvalue weighted by molar-refractivity contribution is -0.150. The third kappa shape index (κ3) is 44.2. The van der Waals surface area contributed by atoms with Gasteiger partial charge in [-0.25, -0.2) is 0 Å². The fraction of sp³-hybridized carbons (Fsp3) is 0.786. The van der Waals surface area contributed by atoms with Gasteiger partial charge in [0.1, 0.15) is 6.10 Å². The van der Waals surface area contributed by atoms with Gasteiger partial charge in [0.2, 0.25) is 5.91 Å². The van der Waals surface area contributed by atoms with Crippen molar-refractivity contribution in [1.82, 2.24) is 5.32 Å². The van der Waals surface area contributed by atoms with Crippen LogP contribution in [0.4, 0.5) is 0 Å². The van der Waals surface area contributed by atoms with Crippen molar-refractivity contribution in [3.8, 4) is 0 Å². The number of hydrogen-bond donors (Lipinski definition) is 3. The van der Waals surface area contributed by atoms with E-state index in [-0.39, 0.29) is 24.9 Å². The second-order valence-corrected chi connectivity index (χ2v) is 18.0. The molecule has 0 aliphatic rings. The van der Waals surface area contributed by atoms with Gasteiger partial charge < -0.3 is 20.3 Å². The van der Waals surface area contributed by atoms with E-state index in [4.69, 9.17) is 4.74 Å². The van der Waals surface area contributed by atoms with Crippen LogP contribution in [0.1, 0.15) is 258 Å². The number of aliphatic hydroxyl groups excluding tert-OH is 2. The molecule has 0 bridgehead atoms. The quantitative estimate of drug-likeness (QED) is 0.0322. The molecule has 1 amide bonds. The van der Waals surface area contributed by atoms with Gasteiger partial charge in [0.15, 0.2) is 0 Å². The van der Waals surface area contributed by atoms with E-state index in [0.717, 1.165) is 44.9 Å². The lowest BCUT2D eigenvalue weighted by Gasteiger charge is -2.24. The third-order valence-electron chi connectivity index (χ3n) is 12.0. The van der Waals surface area contributed by atoms with Crippen LogP contribution in [0.3, 0.4) is 0 Å². The molecule has 360 valence electrons. The van der Waals surface area contributed by atoms with Gasteiger partial charge in [-0.2, -0.15) is 0 Å². The van der Waals surface area contributed by atoms with Crippen LogP contribution in [0.15, 0.2) is 60.8 Å². The monoisotopic (exact) mass is 868 g/mol. The Hall–Kier alpha value is -2.44. The van der Waals surface area contributed by atoms with Crippen molar-refractivity contribution in [3.05, 3.63) is 60.8 Å². The smallest absolute Gasteiger partial charge is 0.306 e. The molecule has 3 atom stereocenters.